The van der Waals surface area contributed by atoms with Crippen molar-refractivity contribution in [1.82, 2.24) is 10.2 Å². The molecule has 0 saturated heterocycles. The summed E-state index contributed by atoms with van der Waals surface area (Å²) in [6.07, 6.45) is 45.9. The maximum atomic E-state index is 4.43. The van der Waals surface area contributed by atoms with Gasteiger partial charge in [-0.25, -0.2) is 0 Å². The Hall–Kier alpha value is 0.260. The lowest BCUT2D eigenvalue weighted by Crippen LogP contribution is -1.85. The highest BCUT2D eigenvalue weighted by molar-refractivity contribution is 8.03. The van der Waals surface area contributed by atoms with Gasteiger partial charge in [0.2, 0.25) is 0 Å². The van der Waals surface area contributed by atoms with Gasteiger partial charge in [0.1, 0.15) is 0 Å². The lowest BCUT2D eigenvalue weighted by Gasteiger charge is -2.03. The molecule has 0 aromatic carbocycles. The van der Waals surface area contributed by atoms with Crippen LogP contribution in [0.4, 0.5) is 0 Å². The van der Waals surface area contributed by atoms with Crippen LogP contribution in [-0.4, -0.2) is 21.7 Å². The molecule has 1 aromatic heterocycles. The van der Waals surface area contributed by atoms with Gasteiger partial charge in [-0.3, -0.25) is 0 Å². The Labute approximate surface area is 283 Å². The molecular weight excluding hydrogens is 581 g/mol. The zero-order valence-electron chi connectivity index (χ0n) is 29.2. The van der Waals surface area contributed by atoms with Gasteiger partial charge >= 0.3 is 0 Å². The predicted molar refractivity (Wildman–Crippen MR) is 200 cm³/mol. The van der Waals surface area contributed by atoms with Gasteiger partial charge in [-0.2, -0.15) is 0 Å². The summed E-state index contributed by atoms with van der Waals surface area (Å²) < 4.78 is 2.35. The van der Waals surface area contributed by atoms with Gasteiger partial charge < -0.3 is 0 Å². The van der Waals surface area contributed by atoms with Crippen LogP contribution in [0.3, 0.4) is 0 Å². The molecule has 0 aliphatic carbocycles. The van der Waals surface area contributed by atoms with Gasteiger partial charge in [0.05, 0.1) is 0 Å². The zero-order valence-corrected chi connectivity index (χ0v) is 31.6. The van der Waals surface area contributed by atoms with Gasteiger partial charge in [-0.15, -0.1) is 10.2 Å². The fourth-order valence-corrected chi connectivity index (χ4v) is 9.09. The molecule has 0 aliphatic rings. The predicted octanol–water partition coefficient (Wildman–Crippen LogP) is 15.2. The van der Waals surface area contributed by atoms with Crippen molar-refractivity contribution < 1.29 is 0 Å². The summed E-state index contributed by atoms with van der Waals surface area (Å²) >= 11 is 5.66. The second-order valence-corrected chi connectivity index (χ2v) is 16.8. The van der Waals surface area contributed by atoms with Crippen LogP contribution in [0.1, 0.15) is 219 Å². The molecule has 0 saturated carbocycles. The summed E-state index contributed by atoms with van der Waals surface area (Å²) in [6, 6.07) is 0. The van der Waals surface area contributed by atoms with Crippen molar-refractivity contribution in [2.45, 2.75) is 228 Å². The van der Waals surface area contributed by atoms with Gasteiger partial charge in [0.25, 0.3) is 0 Å². The molecular formula is C38H74N2S3. The van der Waals surface area contributed by atoms with E-state index in [9.17, 15) is 0 Å². The van der Waals surface area contributed by atoms with Gasteiger partial charge in [-0.1, -0.05) is 241 Å². The molecule has 0 fully saturated rings. The van der Waals surface area contributed by atoms with Crippen molar-refractivity contribution in [3.8, 4) is 0 Å². The van der Waals surface area contributed by atoms with Crippen LogP contribution >= 0.6 is 34.9 Å². The molecule has 0 amide bonds. The van der Waals surface area contributed by atoms with E-state index in [2.05, 4.69) is 24.0 Å². The average molecular weight is 655 g/mol. The molecule has 0 aliphatic heterocycles. The van der Waals surface area contributed by atoms with Crippen molar-refractivity contribution in [1.29, 1.82) is 0 Å². The standard InChI is InChI=1S/C38H74N2S3/c1-3-5-7-9-11-13-15-17-19-21-23-25-27-29-31-33-35-41-37-39-40-38(43-37)42-36-34-32-30-28-26-24-22-20-18-16-14-12-10-8-6-4-2/h3-36H2,1-2H3. The Bertz CT molecular complexity index is 598. The van der Waals surface area contributed by atoms with Crippen molar-refractivity contribution >= 4 is 34.9 Å². The molecule has 0 atom stereocenters. The Morgan fingerprint density at radius 3 is 0.767 bits per heavy atom. The number of nitrogens with zero attached hydrogens (tertiary/aromatic N) is 2. The van der Waals surface area contributed by atoms with Crippen LogP contribution < -0.4 is 0 Å². The minimum atomic E-state index is 1.18. The van der Waals surface area contributed by atoms with Crippen LogP contribution in [0.25, 0.3) is 0 Å². The molecule has 1 heterocycles. The van der Waals surface area contributed by atoms with Crippen molar-refractivity contribution in [3.05, 3.63) is 0 Å². The monoisotopic (exact) mass is 655 g/mol. The van der Waals surface area contributed by atoms with E-state index >= 15 is 0 Å². The van der Waals surface area contributed by atoms with Crippen LogP contribution in [0, 0.1) is 0 Å². The summed E-state index contributed by atoms with van der Waals surface area (Å²) in [5.41, 5.74) is 0. The molecule has 2 nitrogen and oxygen atoms in total. The summed E-state index contributed by atoms with van der Waals surface area (Å²) in [5.74, 6) is 2.41. The topological polar surface area (TPSA) is 25.8 Å². The van der Waals surface area contributed by atoms with E-state index in [1.165, 1.54) is 226 Å². The Morgan fingerprint density at radius 2 is 0.535 bits per heavy atom. The Morgan fingerprint density at radius 1 is 0.326 bits per heavy atom. The lowest BCUT2D eigenvalue weighted by atomic mass is 10.0. The summed E-state index contributed by atoms with van der Waals surface area (Å²) in [6.45, 7) is 4.61. The fourth-order valence-electron chi connectivity index (χ4n) is 5.93. The van der Waals surface area contributed by atoms with E-state index in [0.29, 0.717) is 0 Å². The second kappa shape index (κ2) is 35.1. The quantitative estimate of drug-likeness (QED) is 0.0531. The van der Waals surface area contributed by atoms with E-state index < -0.39 is 0 Å². The van der Waals surface area contributed by atoms with E-state index in [-0.39, 0.29) is 0 Å². The van der Waals surface area contributed by atoms with Crippen LogP contribution in [-0.2, 0) is 0 Å². The number of aromatic nitrogens is 2. The third-order valence-corrected chi connectivity index (χ3v) is 12.2. The normalized spacial score (nSPS) is 11.6. The third-order valence-electron chi connectivity index (χ3n) is 8.83. The fraction of sp³-hybridized carbons (Fsp3) is 0.947. The SMILES string of the molecule is CCCCCCCCCCCCCCCCCCSc1nnc(SCCCCCCCCCCCCCCCCCC)s1. The lowest BCUT2D eigenvalue weighted by molar-refractivity contribution is 0.531. The average Bonchev–Trinajstić information content (AvgIpc) is 3.47. The van der Waals surface area contributed by atoms with Crippen molar-refractivity contribution in [2.24, 2.45) is 0 Å². The maximum absolute atomic E-state index is 4.43. The number of thioether (sulfide) groups is 2. The first-order chi connectivity index (χ1) is 21.4. The van der Waals surface area contributed by atoms with Crippen molar-refractivity contribution in [3.63, 3.8) is 0 Å². The maximum Gasteiger partial charge on any atom is 0.175 e. The summed E-state index contributed by atoms with van der Waals surface area (Å²) in [5, 5.41) is 8.87. The molecule has 1 aromatic rings. The van der Waals surface area contributed by atoms with Gasteiger partial charge in [-0.05, 0) is 12.8 Å². The molecule has 0 spiro atoms. The molecule has 0 bridgehead atoms. The van der Waals surface area contributed by atoms with Gasteiger partial charge in [0, 0.05) is 11.5 Å². The molecule has 0 N–H and O–H groups in total. The van der Waals surface area contributed by atoms with Crippen LogP contribution in [0.15, 0.2) is 8.68 Å². The highest BCUT2D eigenvalue weighted by atomic mass is 32.2. The zero-order chi connectivity index (χ0) is 30.7. The van der Waals surface area contributed by atoms with E-state index in [0.717, 1.165) is 0 Å². The largest absolute Gasteiger partial charge is 0.175 e. The molecule has 43 heavy (non-hydrogen) atoms. The molecule has 5 heteroatoms. The van der Waals surface area contributed by atoms with Crippen LogP contribution in [0.5, 0.6) is 0 Å². The second-order valence-electron chi connectivity index (χ2n) is 13.1. The van der Waals surface area contributed by atoms with E-state index in [1.807, 2.05) is 34.9 Å². The smallest absolute Gasteiger partial charge is 0.131 e. The summed E-state index contributed by atoms with van der Waals surface area (Å²) in [4.78, 5) is 0. The Kier molecular flexibility index (Phi) is 33.7. The molecule has 254 valence electrons. The van der Waals surface area contributed by atoms with Gasteiger partial charge in [0.15, 0.2) is 8.68 Å². The highest BCUT2D eigenvalue weighted by Gasteiger charge is 2.05. The highest BCUT2D eigenvalue weighted by Crippen LogP contribution is 2.30. The summed E-state index contributed by atoms with van der Waals surface area (Å²) in [7, 11) is 0. The minimum Gasteiger partial charge on any atom is -0.131 e. The molecule has 0 unspecified atom stereocenters. The minimum absolute atomic E-state index is 1.18. The van der Waals surface area contributed by atoms with Crippen molar-refractivity contribution in [2.75, 3.05) is 11.5 Å². The van der Waals surface area contributed by atoms with E-state index in [1.54, 1.807) is 0 Å². The first-order valence-electron chi connectivity index (χ1n) is 19.5. The first-order valence-corrected chi connectivity index (χ1v) is 22.2. The first kappa shape index (κ1) is 41.3. The third kappa shape index (κ3) is 30.7. The Balaban J connectivity index is 1.77. The number of hydrogen-bond donors (Lipinski definition) is 0. The number of hydrogen-bond acceptors (Lipinski definition) is 5. The molecule has 1 rings (SSSR count). The number of unbranched alkanes of at least 4 members (excludes halogenated alkanes) is 30. The van der Waals surface area contributed by atoms with E-state index in [4.69, 9.17) is 0 Å². The molecule has 0 radical (unpaired) electrons. The van der Waals surface area contributed by atoms with Crippen LogP contribution in [0.2, 0.25) is 0 Å². The number of rotatable bonds is 36.